The van der Waals surface area contributed by atoms with Crippen molar-refractivity contribution in [3.8, 4) is 5.75 Å². The van der Waals surface area contributed by atoms with Crippen molar-refractivity contribution < 1.29 is 47.6 Å². The zero-order valence-electron chi connectivity index (χ0n) is 19.2. The van der Waals surface area contributed by atoms with E-state index in [-0.39, 0.29) is 6.61 Å². The molecule has 1 aliphatic heterocycles. The van der Waals surface area contributed by atoms with Crippen LogP contribution < -0.4 is 4.74 Å². The van der Waals surface area contributed by atoms with Gasteiger partial charge < -0.3 is 28.4 Å². The van der Waals surface area contributed by atoms with Crippen molar-refractivity contribution in [2.45, 2.75) is 71.7 Å². The van der Waals surface area contributed by atoms with Crippen LogP contribution in [0.25, 0.3) is 0 Å². The highest BCUT2D eigenvalue weighted by Crippen LogP contribution is 2.39. The molecule has 33 heavy (non-hydrogen) atoms. The standard InChI is InChI=1S/C22H27BrO10/c1-11-9-16(23)7-8-17(11)31-21-22(6,33-15(5)27)20(30-14(4)26)19(29-13(3)25)18(32-21)10-28-12(2)24/h7-9,18-21H,10H2,1-6H3/t18-,19-,20?,21+,22+/m1/s1. The van der Waals surface area contributed by atoms with Crippen molar-refractivity contribution in [2.75, 3.05) is 6.61 Å². The SMILES string of the molecule is CC(=O)OC[C@H]1O[C@H](Oc2ccc(Br)cc2C)[C@@](C)(OC(C)=O)C(OC(C)=O)[C@@H]1OC(C)=O. The van der Waals surface area contributed by atoms with E-state index in [2.05, 4.69) is 15.9 Å². The van der Waals surface area contributed by atoms with Crippen molar-refractivity contribution in [1.29, 1.82) is 0 Å². The molecule has 1 unspecified atom stereocenters. The molecule has 11 heteroatoms. The fourth-order valence-electron chi connectivity index (χ4n) is 3.47. The molecule has 5 atom stereocenters. The molecule has 1 aromatic carbocycles. The van der Waals surface area contributed by atoms with E-state index >= 15 is 0 Å². The number of carbonyl (C=O) groups excluding carboxylic acids is 4. The van der Waals surface area contributed by atoms with Gasteiger partial charge in [0.15, 0.2) is 12.2 Å². The number of carbonyl (C=O) groups is 4. The van der Waals surface area contributed by atoms with E-state index in [0.717, 1.165) is 23.9 Å². The smallest absolute Gasteiger partial charge is 0.303 e. The van der Waals surface area contributed by atoms with Crippen LogP contribution in [0.3, 0.4) is 0 Å². The molecular weight excluding hydrogens is 504 g/mol. The molecule has 0 saturated carbocycles. The van der Waals surface area contributed by atoms with Gasteiger partial charge in [0, 0.05) is 32.2 Å². The predicted molar refractivity (Wildman–Crippen MR) is 116 cm³/mol. The highest BCUT2D eigenvalue weighted by Gasteiger charge is 2.61. The molecule has 0 N–H and O–H groups in total. The van der Waals surface area contributed by atoms with Gasteiger partial charge in [-0.3, -0.25) is 19.2 Å². The van der Waals surface area contributed by atoms with E-state index in [4.69, 9.17) is 28.4 Å². The number of halogens is 1. The van der Waals surface area contributed by atoms with Gasteiger partial charge in [-0.1, -0.05) is 15.9 Å². The normalized spacial score (nSPS) is 26.6. The summed E-state index contributed by atoms with van der Waals surface area (Å²) in [5, 5.41) is 0. The first-order valence-corrected chi connectivity index (χ1v) is 10.9. The second kappa shape index (κ2) is 11.0. The molecule has 1 aromatic rings. The molecule has 0 aliphatic carbocycles. The van der Waals surface area contributed by atoms with E-state index in [9.17, 15) is 19.2 Å². The number of ether oxygens (including phenoxy) is 6. The first-order chi connectivity index (χ1) is 15.3. The molecule has 0 bridgehead atoms. The molecule has 0 radical (unpaired) electrons. The van der Waals surface area contributed by atoms with Crippen LogP contribution in [0.15, 0.2) is 22.7 Å². The Kier molecular flexibility index (Phi) is 8.84. The maximum absolute atomic E-state index is 12.0. The lowest BCUT2D eigenvalue weighted by Crippen LogP contribution is -2.70. The summed E-state index contributed by atoms with van der Waals surface area (Å²) in [6.45, 7) is 7.60. The van der Waals surface area contributed by atoms with E-state index < -0.39 is 54.1 Å². The molecule has 0 amide bonds. The van der Waals surface area contributed by atoms with Crippen LogP contribution in [0.2, 0.25) is 0 Å². The van der Waals surface area contributed by atoms with Crippen LogP contribution in [0.1, 0.15) is 40.2 Å². The van der Waals surface area contributed by atoms with E-state index in [1.165, 1.54) is 20.8 Å². The third kappa shape index (κ3) is 6.91. The molecular formula is C22H27BrO10. The van der Waals surface area contributed by atoms with Crippen molar-refractivity contribution in [3.05, 3.63) is 28.2 Å². The Labute approximate surface area is 199 Å². The summed E-state index contributed by atoms with van der Waals surface area (Å²) in [4.78, 5) is 47.3. The van der Waals surface area contributed by atoms with Crippen molar-refractivity contribution in [2.24, 2.45) is 0 Å². The van der Waals surface area contributed by atoms with Gasteiger partial charge >= 0.3 is 23.9 Å². The second-order valence-electron chi connectivity index (χ2n) is 7.72. The Morgan fingerprint density at radius 2 is 1.64 bits per heavy atom. The lowest BCUT2D eigenvalue weighted by atomic mass is 9.87. The van der Waals surface area contributed by atoms with Crippen LogP contribution in [-0.2, 0) is 42.9 Å². The monoisotopic (exact) mass is 530 g/mol. The Balaban J connectivity index is 2.57. The maximum Gasteiger partial charge on any atom is 0.303 e. The van der Waals surface area contributed by atoms with Crippen LogP contribution in [0.4, 0.5) is 0 Å². The lowest BCUT2D eigenvalue weighted by Gasteiger charge is -2.49. The fourth-order valence-corrected chi connectivity index (χ4v) is 3.95. The minimum absolute atomic E-state index is 0.333. The quantitative estimate of drug-likeness (QED) is 0.383. The molecule has 10 nitrogen and oxygen atoms in total. The van der Waals surface area contributed by atoms with Crippen molar-refractivity contribution >= 4 is 39.8 Å². The third-order valence-corrected chi connectivity index (χ3v) is 5.27. The summed E-state index contributed by atoms with van der Waals surface area (Å²) in [5.41, 5.74) is -0.995. The van der Waals surface area contributed by atoms with Gasteiger partial charge in [0.05, 0.1) is 0 Å². The first-order valence-electron chi connectivity index (χ1n) is 10.1. The summed E-state index contributed by atoms with van der Waals surface area (Å²) >= 11 is 3.38. The number of aryl methyl sites for hydroxylation is 1. The van der Waals surface area contributed by atoms with Gasteiger partial charge in [-0.2, -0.15) is 0 Å². The average Bonchev–Trinajstić information content (AvgIpc) is 2.66. The zero-order chi connectivity index (χ0) is 24.9. The summed E-state index contributed by atoms with van der Waals surface area (Å²) in [5.74, 6) is -2.33. The first kappa shape index (κ1) is 26.6. The van der Waals surface area contributed by atoms with Gasteiger partial charge in [-0.05, 0) is 37.6 Å². The number of esters is 4. The molecule has 1 saturated heterocycles. The second-order valence-corrected chi connectivity index (χ2v) is 8.63. The third-order valence-electron chi connectivity index (χ3n) is 4.78. The average molecular weight is 531 g/mol. The Hall–Kier alpha value is -2.66. The minimum Gasteiger partial charge on any atom is -0.463 e. The predicted octanol–water partition coefficient (Wildman–Crippen LogP) is 2.61. The Morgan fingerprint density at radius 3 is 2.15 bits per heavy atom. The van der Waals surface area contributed by atoms with E-state index in [1.54, 1.807) is 19.1 Å². The minimum atomic E-state index is -1.73. The largest absolute Gasteiger partial charge is 0.463 e. The highest BCUT2D eigenvalue weighted by molar-refractivity contribution is 9.10. The van der Waals surface area contributed by atoms with Crippen LogP contribution in [0, 0.1) is 6.92 Å². The molecule has 0 aromatic heterocycles. The number of rotatable bonds is 7. The summed E-state index contributed by atoms with van der Waals surface area (Å²) in [6.07, 6.45) is -5.01. The lowest BCUT2D eigenvalue weighted by molar-refractivity contribution is -0.321. The fraction of sp³-hybridized carbons (Fsp3) is 0.545. The summed E-state index contributed by atoms with van der Waals surface area (Å²) < 4.78 is 34.4. The summed E-state index contributed by atoms with van der Waals surface area (Å²) in [6, 6.07) is 5.23. The topological polar surface area (TPSA) is 124 Å². The number of hydrogen-bond acceptors (Lipinski definition) is 10. The van der Waals surface area contributed by atoms with Crippen LogP contribution >= 0.6 is 15.9 Å². The van der Waals surface area contributed by atoms with E-state index in [0.29, 0.717) is 5.75 Å². The Bertz CT molecular complexity index is 916. The molecule has 1 aliphatic rings. The molecule has 2 rings (SSSR count). The Morgan fingerprint density at radius 1 is 1.00 bits per heavy atom. The molecule has 1 heterocycles. The van der Waals surface area contributed by atoms with E-state index in [1.807, 2.05) is 6.07 Å². The molecule has 182 valence electrons. The van der Waals surface area contributed by atoms with Gasteiger partial charge in [-0.15, -0.1) is 0 Å². The van der Waals surface area contributed by atoms with Crippen LogP contribution in [0.5, 0.6) is 5.75 Å². The zero-order valence-corrected chi connectivity index (χ0v) is 20.8. The van der Waals surface area contributed by atoms with Crippen molar-refractivity contribution in [3.63, 3.8) is 0 Å². The van der Waals surface area contributed by atoms with Gasteiger partial charge in [0.2, 0.25) is 11.9 Å². The molecule has 0 spiro atoms. The highest BCUT2D eigenvalue weighted by atomic mass is 79.9. The molecule has 1 fully saturated rings. The number of hydrogen-bond donors (Lipinski definition) is 0. The van der Waals surface area contributed by atoms with Gasteiger partial charge in [-0.25, -0.2) is 0 Å². The summed E-state index contributed by atoms with van der Waals surface area (Å²) in [7, 11) is 0. The van der Waals surface area contributed by atoms with Gasteiger partial charge in [0.25, 0.3) is 0 Å². The number of benzene rings is 1. The van der Waals surface area contributed by atoms with Gasteiger partial charge in [0.1, 0.15) is 18.5 Å². The van der Waals surface area contributed by atoms with Crippen molar-refractivity contribution in [1.82, 2.24) is 0 Å². The maximum atomic E-state index is 12.0. The van der Waals surface area contributed by atoms with Crippen LogP contribution in [-0.4, -0.2) is 60.7 Å².